The lowest BCUT2D eigenvalue weighted by atomic mass is 10.1. The summed E-state index contributed by atoms with van der Waals surface area (Å²) in [6.07, 6.45) is 1.93. The number of benzene rings is 3. The average Bonchev–Trinajstić information content (AvgIpc) is 3.21. The summed E-state index contributed by atoms with van der Waals surface area (Å²) < 4.78 is 12.9. The number of H-pyrrole nitrogens is 1. The summed E-state index contributed by atoms with van der Waals surface area (Å²) in [5, 5.41) is 3.53. The summed E-state index contributed by atoms with van der Waals surface area (Å²) in [5.74, 6) is 2.54. The minimum absolute atomic E-state index is 0.500. The fourth-order valence-corrected chi connectivity index (χ4v) is 4.43. The molecule has 0 amide bonds. The fraction of sp³-hybridized carbons (Fsp3) is 0.296. The zero-order chi connectivity index (χ0) is 23.0. The Morgan fingerprint density at radius 1 is 1.00 bits per heavy atom. The number of aromatic amines is 1. The van der Waals surface area contributed by atoms with Crippen molar-refractivity contribution >= 4 is 27.0 Å². The van der Waals surface area contributed by atoms with Crippen molar-refractivity contribution < 1.29 is 9.47 Å². The zero-order valence-electron chi connectivity index (χ0n) is 19.2. The molecule has 0 aliphatic heterocycles. The Hall–Kier alpha value is -2.83. The van der Waals surface area contributed by atoms with Crippen LogP contribution in [-0.2, 0) is 19.6 Å². The summed E-state index contributed by atoms with van der Waals surface area (Å²) in [5.41, 5.74) is 5.63. The van der Waals surface area contributed by atoms with Crippen LogP contribution < -0.4 is 14.8 Å². The summed E-state index contributed by atoms with van der Waals surface area (Å²) in [7, 11) is 0. The fourth-order valence-electron chi connectivity index (χ4n) is 3.82. The van der Waals surface area contributed by atoms with Crippen molar-refractivity contribution in [1.29, 1.82) is 0 Å². The molecule has 5 nitrogen and oxygen atoms in total. The summed E-state index contributed by atoms with van der Waals surface area (Å²) in [6, 6.07) is 20.7. The maximum Gasteiger partial charge on any atom is 0.175 e. The topological polar surface area (TPSA) is 59.2 Å². The van der Waals surface area contributed by atoms with E-state index in [0.717, 1.165) is 69.9 Å². The number of rotatable bonds is 11. The molecule has 0 saturated carbocycles. The first kappa shape index (κ1) is 23.3. The molecular formula is C27H30BrN3O2. The minimum atomic E-state index is 0.500. The van der Waals surface area contributed by atoms with E-state index in [1.807, 2.05) is 25.1 Å². The van der Waals surface area contributed by atoms with Gasteiger partial charge in [0.05, 0.1) is 22.1 Å². The van der Waals surface area contributed by atoms with Crippen LogP contribution in [0.25, 0.3) is 11.0 Å². The van der Waals surface area contributed by atoms with E-state index in [1.165, 1.54) is 5.56 Å². The third-order valence-electron chi connectivity index (χ3n) is 5.37. The first-order chi connectivity index (χ1) is 16.1. The molecule has 0 fully saturated rings. The number of fused-ring (bicyclic) bond motifs is 1. The highest BCUT2D eigenvalue weighted by Crippen LogP contribution is 2.37. The normalized spacial score (nSPS) is 11.1. The number of para-hydroxylation sites is 2. The van der Waals surface area contributed by atoms with E-state index in [0.29, 0.717) is 13.2 Å². The van der Waals surface area contributed by atoms with E-state index in [9.17, 15) is 0 Å². The van der Waals surface area contributed by atoms with E-state index >= 15 is 0 Å². The first-order valence-corrected chi connectivity index (χ1v) is 12.2. The maximum atomic E-state index is 6.13. The Labute approximate surface area is 203 Å². The van der Waals surface area contributed by atoms with Gasteiger partial charge in [0, 0.05) is 13.0 Å². The molecule has 0 radical (unpaired) electrons. The van der Waals surface area contributed by atoms with Gasteiger partial charge in [-0.05, 0) is 78.1 Å². The zero-order valence-corrected chi connectivity index (χ0v) is 20.7. The van der Waals surface area contributed by atoms with Gasteiger partial charge in [0.1, 0.15) is 12.4 Å². The molecule has 1 heterocycles. The summed E-state index contributed by atoms with van der Waals surface area (Å²) >= 11 is 3.68. The number of ether oxygens (including phenoxy) is 2. The van der Waals surface area contributed by atoms with Gasteiger partial charge in [-0.15, -0.1) is 0 Å². The highest BCUT2D eigenvalue weighted by Gasteiger charge is 2.13. The molecular weight excluding hydrogens is 478 g/mol. The van der Waals surface area contributed by atoms with Crippen LogP contribution in [0.2, 0.25) is 0 Å². The summed E-state index contributed by atoms with van der Waals surface area (Å²) in [6.45, 7) is 6.83. The molecule has 4 rings (SSSR count). The molecule has 3 aromatic carbocycles. The molecule has 0 bridgehead atoms. The van der Waals surface area contributed by atoms with E-state index in [2.05, 4.69) is 80.6 Å². The Morgan fingerprint density at radius 3 is 2.70 bits per heavy atom. The van der Waals surface area contributed by atoms with Gasteiger partial charge in [0.25, 0.3) is 0 Å². The lowest BCUT2D eigenvalue weighted by molar-refractivity contribution is 0.267. The molecule has 0 spiro atoms. The van der Waals surface area contributed by atoms with Crippen LogP contribution in [0.4, 0.5) is 0 Å². The number of nitrogens with one attached hydrogen (secondary N) is 2. The van der Waals surface area contributed by atoms with Crippen molar-refractivity contribution in [2.45, 2.75) is 39.8 Å². The molecule has 4 aromatic rings. The number of hydrogen-bond donors (Lipinski definition) is 2. The van der Waals surface area contributed by atoms with Crippen LogP contribution in [0.1, 0.15) is 35.9 Å². The van der Waals surface area contributed by atoms with Gasteiger partial charge in [-0.2, -0.15) is 0 Å². The van der Waals surface area contributed by atoms with Crippen LogP contribution in [-0.4, -0.2) is 23.1 Å². The molecule has 0 unspecified atom stereocenters. The number of halogens is 1. The number of aromatic nitrogens is 2. The second-order valence-electron chi connectivity index (χ2n) is 8.10. The molecule has 0 saturated heterocycles. The van der Waals surface area contributed by atoms with Crippen molar-refractivity contribution in [3.63, 3.8) is 0 Å². The Kier molecular flexibility index (Phi) is 8.02. The van der Waals surface area contributed by atoms with Gasteiger partial charge in [-0.25, -0.2) is 4.98 Å². The van der Waals surface area contributed by atoms with E-state index in [-0.39, 0.29) is 0 Å². The lowest BCUT2D eigenvalue weighted by Gasteiger charge is -2.16. The second-order valence-corrected chi connectivity index (χ2v) is 8.95. The molecule has 2 N–H and O–H groups in total. The minimum Gasteiger partial charge on any atom is -0.490 e. The Bertz CT molecular complexity index is 1170. The predicted octanol–water partition coefficient (Wildman–Crippen LogP) is 6.33. The summed E-state index contributed by atoms with van der Waals surface area (Å²) in [4.78, 5) is 8.04. The standard InChI is InChI=1S/C27H30BrN3O2/c1-3-32-25-16-21(15-22(28)27(25)33-18-20-9-6-8-19(2)14-20)17-29-13-7-12-26-30-23-10-4-5-11-24(23)31-26/h4-6,8-11,14-16,29H,3,7,12-13,17-18H2,1-2H3,(H,30,31). The quantitative estimate of drug-likeness (QED) is 0.232. The van der Waals surface area contributed by atoms with Crippen LogP contribution in [0.3, 0.4) is 0 Å². The highest BCUT2D eigenvalue weighted by atomic mass is 79.9. The second kappa shape index (κ2) is 11.3. The number of aryl methyl sites for hydroxylation is 2. The van der Waals surface area contributed by atoms with E-state index in [1.54, 1.807) is 0 Å². The molecule has 1 aromatic heterocycles. The van der Waals surface area contributed by atoms with Crippen LogP contribution in [0, 0.1) is 6.92 Å². The Balaban J connectivity index is 1.31. The van der Waals surface area contributed by atoms with E-state index < -0.39 is 0 Å². The predicted molar refractivity (Wildman–Crippen MR) is 137 cm³/mol. The number of imidazole rings is 1. The smallest absolute Gasteiger partial charge is 0.175 e. The van der Waals surface area contributed by atoms with Gasteiger partial charge in [0.2, 0.25) is 0 Å². The van der Waals surface area contributed by atoms with E-state index in [4.69, 9.17) is 9.47 Å². The lowest BCUT2D eigenvalue weighted by Crippen LogP contribution is -2.15. The van der Waals surface area contributed by atoms with Crippen molar-refractivity contribution in [2.24, 2.45) is 0 Å². The number of hydrogen-bond acceptors (Lipinski definition) is 4. The molecule has 0 atom stereocenters. The molecule has 172 valence electrons. The Morgan fingerprint density at radius 2 is 1.88 bits per heavy atom. The molecule has 0 aliphatic rings. The van der Waals surface area contributed by atoms with Crippen molar-refractivity contribution in [3.8, 4) is 11.5 Å². The van der Waals surface area contributed by atoms with Crippen molar-refractivity contribution in [1.82, 2.24) is 15.3 Å². The maximum absolute atomic E-state index is 6.13. The first-order valence-electron chi connectivity index (χ1n) is 11.4. The van der Waals surface area contributed by atoms with Gasteiger partial charge >= 0.3 is 0 Å². The van der Waals surface area contributed by atoms with Gasteiger partial charge in [-0.1, -0.05) is 42.0 Å². The monoisotopic (exact) mass is 507 g/mol. The largest absolute Gasteiger partial charge is 0.490 e. The number of nitrogens with zero attached hydrogens (tertiary/aromatic N) is 1. The molecule has 33 heavy (non-hydrogen) atoms. The van der Waals surface area contributed by atoms with Gasteiger partial charge in [0.15, 0.2) is 11.5 Å². The third kappa shape index (κ3) is 6.36. The van der Waals surface area contributed by atoms with Crippen molar-refractivity contribution in [2.75, 3.05) is 13.2 Å². The van der Waals surface area contributed by atoms with Crippen LogP contribution in [0.5, 0.6) is 11.5 Å². The van der Waals surface area contributed by atoms with Gasteiger partial charge in [-0.3, -0.25) is 0 Å². The molecule has 0 aliphatic carbocycles. The SMILES string of the molecule is CCOc1cc(CNCCCc2nc3ccccc3[nH]2)cc(Br)c1OCc1cccc(C)c1. The van der Waals surface area contributed by atoms with Gasteiger partial charge < -0.3 is 19.8 Å². The van der Waals surface area contributed by atoms with Crippen molar-refractivity contribution in [3.05, 3.63) is 87.7 Å². The average molecular weight is 508 g/mol. The highest BCUT2D eigenvalue weighted by molar-refractivity contribution is 9.10. The van der Waals surface area contributed by atoms with Crippen LogP contribution in [0.15, 0.2) is 65.1 Å². The molecule has 6 heteroatoms. The third-order valence-corrected chi connectivity index (χ3v) is 5.96. The van der Waals surface area contributed by atoms with Crippen LogP contribution >= 0.6 is 15.9 Å².